The molecule has 2 aromatic heterocycles. The number of aromatic nitrogens is 3. The highest BCUT2D eigenvalue weighted by molar-refractivity contribution is 7.89. The van der Waals surface area contributed by atoms with E-state index in [4.69, 9.17) is 4.42 Å². The SMILES string of the molecule is CNS(=O)(=O)c1ccc(C(=O)NCCCn2cncn2)o1. The maximum atomic E-state index is 11.8. The van der Waals surface area contributed by atoms with Crippen LogP contribution in [0.4, 0.5) is 0 Å². The number of nitrogens with zero attached hydrogens (tertiary/aromatic N) is 3. The molecule has 2 aromatic rings. The Morgan fingerprint density at radius 1 is 1.43 bits per heavy atom. The molecular weight excluding hydrogens is 298 g/mol. The molecular formula is C11H15N5O4S. The average Bonchev–Trinajstić information content (AvgIpc) is 3.14. The smallest absolute Gasteiger partial charge is 0.287 e. The van der Waals surface area contributed by atoms with Gasteiger partial charge in [0, 0.05) is 13.1 Å². The Bertz CT molecular complexity index is 692. The van der Waals surface area contributed by atoms with E-state index in [0.717, 1.165) is 0 Å². The molecule has 10 heteroatoms. The number of furan rings is 1. The normalized spacial score (nSPS) is 11.5. The van der Waals surface area contributed by atoms with Crippen molar-refractivity contribution < 1.29 is 17.6 Å². The number of amides is 1. The van der Waals surface area contributed by atoms with Crippen molar-refractivity contribution in [2.75, 3.05) is 13.6 Å². The van der Waals surface area contributed by atoms with Crippen LogP contribution in [0, 0.1) is 0 Å². The minimum Gasteiger partial charge on any atom is -0.438 e. The average molecular weight is 313 g/mol. The lowest BCUT2D eigenvalue weighted by atomic mass is 10.4. The summed E-state index contributed by atoms with van der Waals surface area (Å²) in [4.78, 5) is 15.6. The molecule has 0 fully saturated rings. The highest BCUT2D eigenvalue weighted by Crippen LogP contribution is 2.13. The highest BCUT2D eigenvalue weighted by atomic mass is 32.2. The lowest BCUT2D eigenvalue weighted by Crippen LogP contribution is -2.25. The third kappa shape index (κ3) is 3.89. The summed E-state index contributed by atoms with van der Waals surface area (Å²) >= 11 is 0. The van der Waals surface area contributed by atoms with Gasteiger partial charge in [-0.05, 0) is 25.6 Å². The van der Waals surface area contributed by atoms with Gasteiger partial charge >= 0.3 is 0 Å². The molecule has 0 atom stereocenters. The Morgan fingerprint density at radius 3 is 2.90 bits per heavy atom. The van der Waals surface area contributed by atoms with Crippen LogP contribution in [-0.4, -0.2) is 42.7 Å². The number of nitrogens with one attached hydrogen (secondary N) is 2. The van der Waals surface area contributed by atoms with Crippen LogP contribution in [0.5, 0.6) is 0 Å². The Kier molecular flexibility index (Phi) is 4.70. The molecule has 0 radical (unpaired) electrons. The van der Waals surface area contributed by atoms with Crippen LogP contribution >= 0.6 is 0 Å². The summed E-state index contributed by atoms with van der Waals surface area (Å²) in [5, 5.41) is 6.27. The van der Waals surface area contributed by atoms with Crippen LogP contribution in [0.1, 0.15) is 17.0 Å². The Morgan fingerprint density at radius 2 is 2.24 bits per heavy atom. The molecule has 0 aliphatic rings. The lowest BCUT2D eigenvalue weighted by molar-refractivity contribution is 0.0919. The molecule has 0 unspecified atom stereocenters. The van der Waals surface area contributed by atoms with E-state index < -0.39 is 15.9 Å². The highest BCUT2D eigenvalue weighted by Gasteiger charge is 2.19. The lowest BCUT2D eigenvalue weighted by Gasteiger charge is -2.03. The van der Waals surface area contributed by atoms with Crippen LogP contribution in [-0.2, 0) is 16.6 Å². The van der Waals surface area contributed by atoms with E-state index >= 15 is 0 Å². The first kappa shape index (κ1) is 15.2. The van der Waals surface area contributed by atoms with Gasteiger partial charge in [-0.25, -0.2) is 18.1 Å². The quantitative estimate of drug-likeness (QED) is 0.671. The Balaban J connectivity index is 1.83. The van der Waals surface area contributed by atoms with Gasteiger partial charge in [-0.2, -0.15) is 5.10 Å². The molecule has 0 aromatic carbocycles. The van der Waals surface area contributed by atoms with Crippen LogP contribution in [0.25, 0.3) is 0 Å². The fourth-order valence-electron chi connectivity index (χ4n) is 1.57. The summed E-state index contributed by atoms with van der Waals surface area (Å²) in [6.07, 6.45) is 3.69. The molecule has 2 N–H and O–H groups in total. The first-order valence-electron chi connectivity index (χ1n) is 6.17. The largest absolute Gasteiger partial charge is 0.438 e. The van der Waals surface area contributed by atoms with E-state index in [1.54, 1.807) is 11.0 Å². The van der Waals surface area contributed by atoms with Gasteiger partial charge < -0.3 is 9.73 Å². The summed E-state index contributed by atoms with van der Waals surface area (Å²) in [6, 6.07) is 2.55. The molecule has 0 aliphatic carbocycles. The maximum absolute atomic E-state index is 11.8. The van der Waals surface area contributed by atoms with E-state index in [1.165, 1.54) is 25.5 Å². The second-order valence-electron chi connectivity index (χ2n) is 4.09. The fraction of sp³-hybridized carbons (Fsp3) is 0.364. The van der Waals surface area contributed by atoms with E-state index in [9.17, 15) is 13.2 Å². The van der Waals surface area contributed by atoms with Crippen molar-refractivity contribution >= 4 is 15.9 Å². The predicted molar refractivity (Wildman–Crippen MR) is 71.9 cm³/mol. The minimum atomic E-state index is -3.68. The third-order valence-corrected chi connectivity index (χ3v) is 3.94. The number of hydrogen-bond donors (Lipinski definition) is 2. The van der Waals surface area contributed by atoms with Crippen molar-refractivity contribution in [3.63, 3.8) is 0 Å². The van der Waals surface area contributed by atoms with Crippen LogP contribution in [0.2, 0.25) is 0 Å². The molecule has 9 nitrogen and oxygen atoms in total. The van der Waals surface area contributed by atoms with E-state index in [2.05, 4.69) is 20.1 Å². The van der Waals surface area contributed by atoms with Gasteiger partial charge in [0.1, 0.15) is 12.7 Å². The third-order valence-electron chi connectivity index (χ3n) is 2.65. The number of aryl methyl sites for hydroxylation is 1. The standard InChI is InChI=1S/C11H15N5O4S/c1-12-21(18,19)10-4-3-9(20-10)11(17)14-5-2-6-16-8-13-7-15-16/h3-4,7-8,12H,2,5-6H2,1H3,(H,14,17). The van der Waals surface area contributed by atoms with Crippen molar-refractivity contribution in [2.24, 2.45) is 0 Å². The zero-order valence-electron chi connectivity index (χ0n) is 11.3. The second kappa shape index (κ2) is 6.50. The Hall–Kier alpha value is -2.20. The number of sulfonamides is 1. The molecule has 0 spiro atoms. The summed E-state index contributed by atoms with van der Waals surface area (Å²) in [5.74, 6) is -0.518. The van der Waals surface area contributed by atoms with Crippen molar-refractivity contribution in [2.45, 2.75) is 18.1 Å². The first-order valence-corrected chi connectivity index (χ1v) is 7.65. The molecule has 114 valence electrons. The van der Waals surface area contributed by atoms with E-state index in [0.29, 0.717) is 19.5 Å². The predicted octanol–water partition coefficient (Wildman–Crippen LogP) is -0.401. The zero-order valence-corrected chi connectivity index (χ0v) is 12.1. The maximum Gasteiger partial charge on any atom is 0.287 e. The van der Waals surface area contributed by atoms with Crippen molar-refractivity contribution in [3.8, 4) is 0 Å². The minimum absolute atomic E-state index is 0.0513. The number of hydrogen-bond acceptors (Lipinski definition) is 6. The van der Waals surface area contributed by atoms with E-state index in [1.807, 2.05) is 0 Å². The van der Waals surface area contributed by atoms with Crippen LogP contribution < -0.4 is 10.0 Å². The summed E-state index contributed by atoms with van der Waals surface area (Å²) in [6.45, 7) is 1.03. The number of carbonyl (C=O) groups excluding carboxylic acids is 1. The molecule has 21 heavy (non-hydrogen) atoms. The molecule has 0 bridgehead atoms. The topological polar surface area (TPSA) is 119 Å². The first-order chi connectivity index (χ1) is 10.0. The van der Waals surface area contributed by atoms with Gasteiger partial charge in [0.25, 0.3) is 15.9 Å². The summed E-state index contributed by atoms with van der Waals surface area (Å²) in [5.41, 5.74) is 0. The summed E-state index contributed by atoms with van der Waals surface area (Å²) in [7, 11) is -2.42. The van der Waals surface area contributed by atoms with Crippen LogP contribution in [0.3, 0.4) is 0 Å². The molecule has 1 amide bonds. The van der Waals surface area contributed by atoms with Gasteiger partial charge in [0.15, 0.2) is 5.76 Å². The molecule has 0 saturated heterocycles. The molecule has 2 rings (SSSR count). The van der Waals surface area contributed by atoms with E-state index in [-0.39, 0.29) is 10.9 Å². The fourth-order valence-corrected chi connectivity index (χ4v) is 2.21. The summed E-state index contributed by atoms with van der Waals surface area (Å²) < 4.78 is 31.7. The molecule has 0 aliphatic heterocycles. The monoisotopic (exact) mass is 313 g/mol. The van der Waals surface area contributed by atoms with Gasteiger partial charge in [-0.15, -0.1) is 0 Å². The van der Waals surface area contributed by atoms with Gasteiger partial charge in [0.2, 0.25) is 5.09 Å². The van der Waals surface area contributed by atoms with Gasteiger partial charge in [-0.1, -0.05) is 0 Å². The number of rotatable bonds is 7. The zero-order chi connectivity index (χ0) is 15.3. The number of carbonyl (C=O) groups is 1. The Labute approximate surface area is 121 Å². The van der Waals surface area contributed by atoms with Gasteiger partial charge in [-0.3, -0.25) is 9.48 Å². The van der Waals surface area contributed by atoms with Crippen molar-refractivity contribution in [1.82, 2.24) is 24.8 Å². The molecule has 2 heterocycles. The van der Waals surface area contributed by atoms with Crippen LogP contribution in [0.15, 0.2) is 34.3 Å². The van der Waals surface area contributed by atoms with Crippen molar-refractivity contribution in [1.29, 1.82) is 0 Å². The molecule has 0 saturated carbocycles. The second-order valence-corrected chi connectivity index (χ2v) is 5.91. The van der Waals surface area contributed by atoms with Gasteiger partial charge in [0.05, 0.1) is 0 Å². The van der Waals surface area contributed by atoms with Crippen molar-refractivity contribution in [3.05, 3.63) is 30.5 Å².